The Morgan fingerprint density at radius 2 is 2.54 bits per heavy atom. The van der Waals surface area contributed by atoms with Crippen LogP contribution in [0.1, 0.15) is 24.6 Å². The van der Waals surface area contributed by atoms with E-state index in [2.05, 4.69) is 10.4 Å². The summed E-state index contributed by atoms with van der Waals surface area (Å²) in [6, 6.07) is 2.08. The van der Waals surface area contributed by atoms with Crippen LogP contribution in [0.15, 0.2) is 12.3 Å². The Morgan fingerprint density at radius 1 is 1.69 bits per heavy atom. The van der Waals surface area contributed by atoms with Crippen LogP contribution < -0.4 is 5.32 Å². The number of hydrogen-bond donors (Lipinski definition) is 1. The lowest BCUT2D eigenvalue weighted by Gasteiger charge is -2.20. The molecule has 1 aromatic rings. The predicted molar refractivity (Wildman–Crippen MR) is 48.2 cm³/mol. The van der Waals surface area contributed by atoms with Gasteiger partial charge in [0.1, 0.15) is 5.78 Å². The lowest BCUT2D eigenvalue weighted by Crippen LogP contribution is -2.32. The van der Waals surface area contributed by atoms with Gasteiger partial charge in [0.2, 0.25) is 0 Å². The fourth-order valence-electron chi connectivity index (χ4n) is 1.62. The lowest BCUT2D eigenvalue weighted by atomic mass is 10.0. The summed E-state index contributed by atoms with van der Waals surface area (Å²) in [5.41, 5.74) is 0.968. The summed E-state index contributed by atoms with van der Waals surface area (Å²) in [6.07, 6.45) is 3.14. The first-order chi connectivity index (χ1) is 6.25. The van der Waals surface area contributed by atoms with Gasteiger partial charge in [-0.15, -0.1) is 0 Å². The van der Waals surface area contributed by atoms with Crippen molar-refractivity contribution in [3.63, 3.8) is 0 Å². The first kappa shape index (κ1) is 8.44. The second kappa shape index (κ2) is 3.30. The van der Waals surface area contributed by atoms with Gasteiger partial charge in [0, 0.05) is 32.6 Å². The Hall–Kier alpha value is -1.16. The molecule has 0 aromatic carbocycles. The van der Waals surface area contributed by atoms with Gasteiger partial charge in [-0.1, -0.05) is 0 Å². The minimum atomic E-state index is 0.127. The van der Waals surface area contributed by atoms with Crippen molar-refractivity contribution in [1.29, 1.82) is 0 Å². The number of nitrogens with zero attached hydrogens (tertiary/aromatic N) is 2. The molecule has 1 aromatic heterocycles. The zero-order valence-electron chi connectivity index (χ0n) is 7.66. The second-order valence-corrected chi connectivity index (χ2v) is 3.41. The van der Waals surface area contributed by atoms with Crippen molar-refractivity contribution in [2.75, 3.05) is 6.54 Å². The van der Waals surface area contributed by atoms with Crippen LogP contribution in [-0.4, -0.2) is 22.1 Å². The van der Waals surface area contributed by atoms with E-state index in [-0.39, 0.29) is 6.04 Å². The fraction of sp³-hybridized carbons (Fsp3) is 0.556. The topological polar surface area (TPSA) is 46.9 Å². The van der Waals surface area contributed by atoms with Gasteiger partial charge in [0.15, 0.2) is 0 Å². The first-order valence-corrected chi connectivity index (χ1v) is 4.50. The molecule has 1 aliphatic heterocycles. The average molecular weight is 179 g/mol. The van der Waals surface area contributed by atoms with Crippen molar-refractivity contribution in [3.05, 3.63) is 18.0 Å². The van der Waals surface area contributed by atoms with E-state index in [1.54, 1.807) is 4.68 Å². The van der Waals surface area contributed by atoms with Crippen LogP contribution in [0.3, 0.4) is 0 Å². The van der Waals surface area contributed by atoms with E-state index < -0.39 is 0 Å². The molecule has 13 heavy (non-hydrogen) atoms. The van der Waals surface area contributed by atoms with Gasteiger partial charge in [-0.2, -0.15) is 5.10 Å². The maximum Gasteiger partial charge on any atom is 0.136 e. The van der Waals surface area contributed by atoms with E-state index in [0.717, 1.165) is 12.2 Å². The molecule has 2 rings (SSSR count). The second-order valence-electron chi connectivity index (χ2n) is 3.41. The number of nitrogens with one attached hydrogen (secondary N) is 1. The standard InChI is InChI=1S/C9H13N3O/c1-12-5-3-8(11-12)9-6-7(13)2-4-10-9/h3,5,9-10H,2,4,6H2,1H3. The van der Waals surface area contributed by atoms with Crippen LogP contribution in [0.4, 0.5) is 0 Å². The molecule has 0 saturated carbocycles. The van der Waals surface area contributed by atoms with Crippen LogP contribution >= 0.6 is 0 Å². The van der Waals surface area contributed by atoms with Gasteiger partial charge in [-0.25, -0.2) is 0 Å². The molecule has 0 amide bonds. The molecular weight excluding hydrogens is 166 g/mol. The Balaban J connectivity index is 2.12. The number of aryl methyl sites for hydroxylation is 1. The van der Waals surface area contributed by atoms with E-state index >= 15 is 0 Å². The number of Topliss-reactive ketones (excluding diaryl/α,β-unsaturated/α-hetero) is 1. The largest absolute Gasteiger partial charge is 0.308 e. The van der Waals surface area contributed by atoms with Gasteiger partial charge in [-0.3, -0.25) is 9.48 Å². The molecule has 1 N–H and O–H groups in total. The molecule has 0 spiro atoms. The molecule has 0 bridgehead atoms. The molecule has 1 aliphatic rings. The highest BCUT2D eigenvalue weighted by Crippen LogP contribution is 2.18. The van der Waals surface area contributed by atoms with Crippen molar-refractivity contribution in [1.82, 2.24) is 15.1 Å². The SMILES string of the molecule is Cn1ccc(C2CC(=O)CCN2)n1. The van der Waals surface area contributed by atoms with E-state index in [4.69, 9.17) is 0 Å². The minimum Gasteiger partial charge on any atom is -0.308 e. The number of ketones is 1. The summed E-state index contributed by atoms with van der Waals surface area (Å²) in [6.45, 7) is 0.778. The fourth-order valence-corrected chi connectivity index (χ4v) is 1.62. The summed E-state index contributed by atoms with van der Waals surface area (Å²) in [4.78, 5) is 11.2. The van der Waals surface area contributed by atoms with Crippen molar-refractivity contribution in [2.24, 2.45) is 7.05 Å². The van der Waals surface area contributed by atoms with Crippen molar-refractivity contribution in [3.8, 4) is 0 Å². The third-order valence-electron chi connectivity index (χ3n) is 2.32. The van der Waals surface area contributed by atoms with E-state index in [9.17, 15) is 4.79 Å². The Labute approximate surface area is 76.9 Å². The molecule has 1 atom stereocenters. The maximum absolute atomic E-state index is 11.2. The molecule has 4 nitrogen and oxygen atoms in total. The third-order valence-corrected chi connectivity index (χ3v) is 2.32. The number of rotatable bonds is 1. The minimum absolute atomic E-state index is 0.127. The lowest BCUT2D eigenvalue weighted by molar-refractivity contribution is -0.120. The monoisotopic (exact) mass is 179 g/mol. The zero-order chi connectivity index (χ0) is 9.26. The molecule has 1 fully saturated rings. The molecule has 0 radical (unpaired) electrons. The third kappa shape index (κ3) is 1.78. The Bertz CT molecular complexity index is 318. The summed E-state index contributed by atoms with van der Waals surface area (Å²) >= 11 is 0. The first-order valence-electron chi connectivity index (χ1n) is 4.50. The molecule has 1 unspecified atom stereocenters. The molecule has 1 saturated heterocycles. The van der Waals surface area contributed by atoms with Crippen molar-refractivity contribution >= 4 is 5.78 Å². The molecule has 4 heteroatoms. The molecule has 2 heterocycles. The zero-order valence-corrected chi connectivity index (χ0v) is 7.66. The Morgan fingerprint density at radius 3 is 3.15 bits per heavy atom. The van der Waals surface area contributed by atoms with Gasteiger partial charge in [0.05, 0.1) is 11.7 Å². The van der Waals surface area contributed by atoms with Gasteiger partial charge < -0.3 is 5.32 Å². The highest BCUT2D eigenvalue weighted by Gasteiger charge is 2.21. The summed E-state index contributed by atoms with van der Waals surface area (Å²) in [5, 5.41) is 7.55. The smallest absolute Gasteiger partial charge is 0.136 e. The number of carbonyl (C=O) groups excluding carboxylic acids is 1. The average Bonchev–Trinajstić information content (AvgIpc) is 2.52. The van der Waals surface area contributed by atoms with Gasteiger partial charge >= 0.3 is 0 Å². The van der Waals surface area contributed by atoms with Gasteiger partial charge in [0.25, 0.3) is 0 Å². The predicted octanol–water partition coefficient (Wildman–Crippen LogP) is 0.414. The number of piperidine rings is 1. The van der Waals surface area contributed by atoms with Crippen LogP contribution in [0.2, 0.25) is 0 Å². The van der Waals surface area contributed by atoms with E-state index in [0.29, 0.717) is 18.6 Å². The highest BCUT2D eigenvalue weighted by atomic mass is 16.1. The number of aromatic nitrogens is 2. The van der Waals surface area contributed by atoms with Crippen LogP contribution in [0, 0.1) is 0 Å². The van der Waals surface area contributed by atoms with E-state index in [1.165, 1.54) is 0 Å². The quantitative estimate of drug-likeness (QED) is 0.679. The summed E-state index contributed by atoms with van der Waals surface area (Å²) in [5.74, 6) is 0.328. The molecule has 70 valence electrons. The summed E-state index contributed by atoms with van der Waals surface area (Å²) < 4.78 is 1.76. The van der Waals surface area contributed by atoms with Crippen LogP contribution in [0.25, 0.3) is 0 Å². The van der Waals surface area contributed by atoms with Crippen LogP contribution in [-0.2, 0) is 11.8 Å². The van der Waals surface area contributed by atoms with Crippen molar-refractivity contribution < 1.29 is 4.79 Å². The molecule has 0 aliphatic carbocycles. The van der Waals surface area contributed by atoms with E-state index in [1.807, 2.05) is 19.3 Å². The molecular formula is C9H13N3O. The van der Waals surface area contributed by atoms with Crippen LogP contribution in [0.5, 0.6) is 0 Å². The maximum atomic E-state index is 11.2. The highest BCUT2D eigenvalue weighted by molar-refractivity contribution is 5.80. The van der Waals surface area contributed by atoms with Gasteiger partial charge in [-0.05, 0) is 6.07 Å². The number of carbonyl (C=O) groups is 1. The Kier molecular flexibility index (Phi) is 2.14. The number of hydrogen-bond acceptors (Lipinski definition) is 3. The summed E-state index contributed by atoms with van der Waals surface area (Å²) in [7, 11) is 1.88. The normalized spacial score (nSPS) is 23.5. The van der Waals surface area contributed by atoms with Crippen molar-refractivity contribution in [2.45, 2.75) is 18.9 Å².